The van der Waals surface area contributed by atoms with E-state index in [1.807, 2.05) is 60.7 Å². The van der Waals surface area contributed by atoms with Crippen molar-refractivity contribution < 1.29 is 5.11 Å². The van der Waals surface area contributed by atoms with Gasteiger partial charge in [-0.05, 0) is 23.6 Å². The quantitative estimate of drug-likeness (QED) is 0.873. The van der Waals surface area contributed by atoms with Crippen molar-refractivity contribution in [2.45, 2.75) is 6.42 Å². The molecule has 0 aliphatic heterocycles. The molecule has 0 aromatic heterocycles. The van der Waals surface area contributed by atoms with Crippen molar-refractivity contribution in [1.29, 1.82) is 0 Å². The molecule has 1 nitrogen and oxygen atoms in total. The van der Waals surface area contributed by atoms with Gasteiger partial charge in [-0.25, -0.2) is 0 Å². The number of hydrogen-bond acceptors (Lipinski definition) is 1. The van der Waals surface area contributed by atoms with E-state index < -0.39 is 0 Å². The first-order chi connectivity index (χ1) is 8.83. The molecule has 18 heavy (non-hydrogen) atoms. The van der Waals surface area contributed by atoms with Crippen molar-refractivity contribution in [3.05, 3.63) is 76.8 Å². The van der Waals surface area contributed by atoms with E-state index in [9.17, 15) is 0 Å². The summed E-state index contributed by atoms with van der Waals surface area (Å²) in [5.74, 6) is 0. The first-order valence-corrected chi connectivity index (χ1v) is 6.32. The molecular weight excluding hydrogens is 244 g/mol. The van der Waals surface area contributed by atoms with Crippen LogP contribution in [-0.4, -0.2) is 11.7 Å². The summed E-state index contributed by atoms with van der Waals surface area (Å²) in [6.07, 6.45) is 2.64. The molecule has 0 bridgehead atoms. The van der Waals surface area contributed by atoms with Crippen molar-refractivity contribution >= 4 is 17.2 Å². The van der Waals surface area contributed by atoms with E-state index in [2.05, 4.69) is 0 Å². The molecule has 0 amide bonds. The zero-order valence-electron chi connectivity index (χ0n) is 10.0. The Morgan fingerprint density at radius 3 is 2.33 bits per heavy atom. The summed E-state index contributed by atoms with van der Waals surface area (Å²) in [6, 6.07) is 17.8. The second kappa shape index (κ2) is 6.39. The van der Waals surface area contributed by atoms with Crippen LogP contribution in [0, 0.1) is 0 Å². The van der Waals surface area contributed by atoms with Crippen LogP contribution >= 0.6 is 11.6 Å². The standard InChI is InChI=1S/C16H15ClO/c17-16-11-5-4-9-15(16)14(10-6-12-18)13-7-2-1-3-8-13/h1-5,7-11,18H,6,12H2/b14-10+. The largest absolute Gasteiger partial charge is 0.396 e. The molecule has 0 radical (unpaired) electrons. The van der Waals surface area contributed by atoms with E-state index in [1.54, 1.807) is 0 Å². The van der Waals surface area contributed by atoms with Crippen LogP contribution in [0.2, 0.25) is 5.02 Å². The van der Waals surface area contributed by atoms with E-state index in [4.69, 9.17) is 16.7 Å². The number of benzene rings is 2. The van der Waals surface area contributed by atoms with Crippen LogP contribution in [0.5, 0.6) is 0 Å². The summed E-state index contributed by atoms with van der Waals surface area (Å²) in [4.78, 5) is 0. The maximum Gasteiger partial charge on any atom is 0.0484 e. The predicted molar refractivity (Wildman–Crippen MR) is 76.7 cm³/mol. The van der Waals surface area contributed by atoms with Gasteiger partial charge < -0.3 is 5.11 Å². The summed E-state index contributed by atoms with van der Waals surface area (Å²) in [7, 11) is 0. The molecule has 2 aromatic rings. The van der Waals surface area contributed by atoms with Gasteiger partial charge in [0.2, 0.25) is 0 Å². The van der Waals surface area contributed by atoms with Crippen LogP contribution in [0.25, 0.3) is 5.57 Å². The Morgan fingerprint density at radius 1 is 1.00 bits per heavy atom. The molecule has 0 fully saturated rings. The van der Waals surface area contributed by atoms with E-state index in [0.717, 1.165) is 21.7 Å². The SMILES string of the molecule is OCC/C=C(\c1ccccc1)c1ccccc1Cl. The lowest BCUT2D eigenvalue weighted by atomic mass is 9.97. The molecule has 0 saturated heterocycles. The summed E-state index contributed by atoms with van der Waals surface area (Å²) in [6.45, 7) is 0.140. The smallest absolute Gasteiger partial charge is 0.0484 e. The van der Waals surface area contributed by atoms with E-state index >= 15 is 0 Å². The average Bonchev–Trinajstić information content (AvgIpc) is 2.42. The lowest BCUT2D eigenvalue weighted by molar-refractivity contribution is 0.303. The Bertz CT molecular complexity index is 532. The Balaban J connectivity index is 2.48. The zero-order valence-corrected chi connectivity index (χ0v) is 10.8. The minimum atomic E-state index is 0.140. The third kappa shape index (κ3) is 3.00. The normalized spacial score (nSPS) is 11.6. The van der Waals surface area contributed by atoms with Crippen molar-refractivity contribution in [1.82, 2.24) is 0 Å². The molecule has 0 atom stereocenters. The van der Waals surface area contributed by atoms with Crippen molar-refractivity contribution in [3.63, 3.8) is 0 Å². The molecule has 2 heteroatoms. The van der Waals surface area contributed by atoms with Crippen LogP contribution in [0.4, 0.5) is 0 Å². The van der Waals surface area contributed by atoms with E-state index in [0.29, 0.717) is 6.42 Å². The maximum absolute atomic E-state index is 9.00. The Hall–Kier alpha value is -1.57. The highest BCUT2D eigenvalue weighted by molar-refractivity contribution is 6.32. The van der Waals surface area contributed by atoms with Crippen molar-refractivity contribution in [3.8, 4) is 0 Å². The fraction of sp³-hybridized carbons (Fsp3) is 0.125. The minimum Gasteiger partial charge on any atom is -0.396 e. The summed E-state index contributed by atoms with van der Waals surface area (Å²) in [5, 5.41) is 9.73. The lowest BCUT2D eigenvalue weighted by Gasteiger charge is -2.10. The van der Waals surface area contributed by atoms with Crippen LogP contribution in [0.1, 0.15) is 17.5 Å². The number of aliphatic hydroxyl groups is 1. The molecule has 0 spiro atoms. The van der Waals surface area contributed by atoms with Crippen LogP contribution < -0.4 is 0 Å². The lowest BCUT2D eigenvalue weighted by Crippen LogP contribution is -1.90. The third-order valence-electron chi connectivity index (χ3n) is 2.73. The molecule has 0 aliphatic rings. The van der Waals surface area contributed by atoms with Gasteiger partial charge in [-0.2, -0.15) is 0 Å². The molecule has 0 saturated carbocycles. The highest BCUT2D eigenvalue weighted by Crippen LogP contribution is 2.29. The van der Waals surface area contributed by atoms with Crippen LogP contribution in [0.15, 0.2) is 60.7 Å². The molecule has 0 unspecified atom stereocenters. The van der Waals surface area contributed by atoms with Gasteiger partial charge >= 0.3 is 0 Å². The van der Waals surface area contributed by atoms with Gasteiger partial charge in [0.15, 0.2) is 0 Å². The molecular formula is C16H15ClO. The number of rotatable bonds is 4. The van der Waals surface area contributed by atoms with Crippen LogP contribution in [-0.2, 0) is 0 Å². The van der Waals surface area contributed by atoms with E-state index in [-0.39, 0.29) is 6.61 Å². The highest BCUT2D eigenvalue weighted by Gasteiger charge is 2.07. The van der Waals surface area contributed by atoms with Crippen LogP contribution in [0.3, 0.4) is 0 Å². The first-order valence-electron chi connectivity index (χ1n) is 5.94. The topological polar surface area (TPSA) is 20.2 Å². The van der Waals surface area contributed by atoms with Gasteiger partial charge in [0.05, 0.1) is 0 Å². The minimum absolute atomic E-state index is 0.140. The first kappa shape index (κ1) is 12.9. The predicted octanol–water partition coefficient (Wildman–Crippen LogP) is 4.15. The molecule has 0 heterocycles. The summed E-state index contributed by atoms with van der Waals surface area (Å²) < 4.78 is 0. The van der Waals surface area contributed by atoms with Gasteiger partial charge in [0, 0.05) is 17.2 Å². The maximum atomic E-state index is 9.00. The Morgan fingerprint density at radius 2 is 1.67 bits per heavy atom. The molecule has 2 rings (SSSR count). The highest BCUT2D eigenvalue weighted by atomic mass is 35.5. The number of halogens is 1. The van der Waals surface area contributed by atoms with Crippen molar-refractivity contribution in [2.24, 2.45) is 0 Å². The molecule has 2 aromatic carbocycles. The molecule has 1 N–H and O–H groups in total. The van der Waals surface area contributed by atoms with Gasteiger partial charge in [-0.3, -0.25) is 0 Å². The molecule has 0 aliphatic carbocycles. The second-order valence-corrected chi connectivity index (χ2v) is 4.38. The monoisotopic (exact) mass is 258 g/mol. The second-order valence-electron chi connectivity index (χ2n) is 3.98. The third-order valence-corrected chi connectivity index (χ3v) is 3.06. The average molecular weight is 259 g/mol. The Kier molecular flexibility index (Phi) is 4.57. The van der Waals surface area contributed by atoms with Gasteiger partial charge in [-0.1, -0.05) is 66.2 Å². The Labute approximate surface area is 112 Å². The summed E-state index contributed by atoms with van der Waals surface area (Å²) >= 11 is 6.24. The van der Waals surface area contributed by atoms with Gasteiger partial charge in [0.25, 0.3) is 0 Å². The summed E-state index contributed by atoms with van der Waals surface area (Å²) in [5.41, 5.74) is 3.17. The fourth-order valence-corrected chi connectivity index (χ4v) is 2.13. The van der Waals surface area contributed by atoms with Crippen molar-refractivity contribution in [2.75, 3.05) is 6.61 Å². The van der Waals surface area contributed by atoms with E-state index in [1.165, 1.54) is 0 Å². The number of hydrogen-bond donors (Lipinski definition) is 1. The number of aliphatic hydroxyl groups excluding tert-OH is 1. The fourth-order valence-electron chi connectivity index (χ4n) is 1.89. The van der Waals surface area contributed by atoms with Gasteiger partial charge in [0.1, 0.15) is 0 Å². The van der Waals surface area contributed by atoms with Gasteiger partial charge in [-0.15, -0.1) is 0 Å². The molecule has 92 valence electrons. The zero-order chi connectivity index (χ0) is 12.8.